The number of hydrogen-bond acceptors (Lipinski definition) is 3. The van der Waals surface area contributed by atoms with Crippen LogP contribution in [-0.2, 0) is 4.79 Å². The van der Waals surface area contributed by atoms with Crippen molar-refractivity contribution in [2.24, 2.45) is 0 Å². The van der Waals surface area contributed by atoms with Gasteiger partial charge in [-0.05, 0) is 61.7 Å². The van der Waals surface area contributed by atoms with E-state index in [1.165, 1.54) is 5.56 Å². The van der Waals surface area contributed by atoms with Crippen molar-refractivity contribution in [3.63, 3.8) is 0 Å². The van der Waals surface area contributed by atoms with Crippen molar-refractivity contribution in [3.05, 3.63) is 78.6 Å². The maximum atomic E-state index is 12.5. The highest BCUT2D eigenvalue weighted by Crippen LogP contribution is 2.27. The maximum absolute atomic E-state index is 12.5. The molecule has 138 valence electrons. The summed E-state index contributed by atoms with van der Waals surface area (Å²) in [6.45, 7) is 2.36. The van der Waals surface area contributed by atoms with E-state index >= 15 is 0 Å². The normalized spacial score (nSPS) is 15.6. The number of carbonyl (C=O) groups excluding carboxylic acids is 1. The largest absolute Gasteiger partial charge is 0.325 e. The smallest absolute Gasteiger partial charge is 0.238 e. The molecular weight excluding hydrogens is 336 g/mol. The van der Waals surface area contributed by atoms with Gasteiger partial charge in [0.15, 0.2) is 0 Å². The first-order valence-corrected chi connectivity index (χ1v) is 9.45. The second-order valence-corrected chi connectivity index (χ2v) is 7.01. The van der Waals surface area contributed by atoms with E-state index in [2.05, 4.69) is 45.6 Å². The Balaban J connectivity index is 1.30. The van der Waals surface area contributed by atoms with Crippen LogP contribution >= 0.6 is 0 Å². The molecule has 1 amide bonds. The maximum Gasteiger partial charge on any atom is 0.238 e. The molecular formula is C22H24N4O. The van der Waals surface area contributed by atoms with Crippen molar-refractivity contribution in [3.8, 4) is 5.69 Å². The Morgan fingerprint density at radius 3 is 2.59 bits per heavy atom. The number of hydrogen-bond donors (Lipinski definition) is 1. The van der Waals surface area contributed by atoms with E-state index in [9.17, 15) is 4.79 Å². The highest BCUT2D eigenvalue weighted by molar-refractivity contribution is 5.92. The van der Waals surface area contributed by atoms with Crippen molar-refractivity contribution < 1.29 is 4.79 Å². The van der Waals surface area contributed by atoms with Gasteiger partial charge in [-0.2, -0.15) is 5.10 Å². The van der Waals surface area contributed by atoms with Crippen molar-refractivity contribution >= 4 is 11.6 Å². The van der Waals surface area contributed by atoms with E-state index in [1.807, 2.05) is 36.5 Å². The molecule has 0 spiro atoms. The lowest BCUT2D eigenvalue weighted by Crippen LogP contribution is -2.38. The minimum atomic E-state index is 0.0331. The number of benzene rings is 2. The molecule has 2 aromatic carbocycles. The molecule has 0 unspecified atom stereocenters. The molecule has 0 atom stereocenters. The van der Waals surface area contributed by atoms with Gasteiger partial charge in [-0.15, -0.1) is 0 Å². The molecule has 1 saturated heterocycles. The van der Waals surface area contributed by atoms with Crippen LogP contribution in [-0.4, -0.2) is 40.2 Å². The molecule has 0 saturated carbocycles. The van der Waals surface area contributed by atoms with Crippen LogP contribution in [0.3, 0.4) is 0 Å². The topological polar surface area (TPSA) is 50.2 Å². The zero-order chi connectivity index (χ0) is 18.5. The van der Waals surface area contributed by atoms with Crippen LogP contribution in [0.2, 0.25) is 0 Å². The number of piperidine rings is 1. The lowest BCUT2D eigenvalue weighted by Gasteiger charge is -2.31. The summed E-state index contributed by atoms with van der Waals surface area (Å²) in [4.78, 5) is 14.7. The molecule has 2 heterocycles. The highest BCUT2D eigenvalue weighted by Gasteiger charge is 2.21. The van der Waals surface area contributed by atoms with Gasteiger partial charge >= 0.3 is 0 Å². The van der Waals surface area contributed by atoms with E-state index in [0.29, 0.717) is 12.5 Å². The van der Waals surface area contributed by atoms with Crippen LogP contribution in [0, 0.1) is 0 Å². The van der Waals surface area contributed by atoms with Crippen LogP contribution in [0.4, 0.5) is 5.69 Å². The summed E-state index contributed by atoms with van der Waals surface area (Å²) < 4.78 is 1.78. The predicted octanol–water partition coefficient (Wildman–Crippen LogP) is 3.69. The average molecular weight is 360 g/mol. The minimum absolute atomic E-state index is 0.0331. The van der Waals surface area contributed by atoms with Crippen LogP contribution in [0.25, 0.3) is 5.69 Å². The summed E-state index contributed by atoms with van der Waals surface area (Å²) in [6, 6.07) is 20.3. The predicted molar refractivity (Wildman–Crippen MR) is 107 cm³/mol. The monoisotopic (exact) mass is 360 g/mol. The summed E-state index contributed by atoms with van der Waals surface area (Å²) in [5, 5.41) is 7.24. The summed E-state index contributed by atoms with van der Waals surface area (Å²) in [7, 11) is 0. The number of nitrogens with zero attached hydrogens (tertiary/aromatic N) is 3. The number of anilines is 1. The van der Waals surface area contributed by atoms with Gasteiger partial charge in [0.05, 0.1) is 12.2 Å². The van der Waals surface area contributed by atoms with Crippen molar-refractivity contribution in [2.75, 3.05) is 25.0 Å². The molecule has 1 fully saturated rings. The molecule has 1 aliphatic heterocycles. The van der Waals surface area contributed by atoms with E-state index in [4.69, 9.17) is 0 Å². The van der Waals surface area contributed by atoms with E-state index in [0.717, 1.165) is 37.3 Å². The highest BCUT2D eigenvalue weighted by atomic mass is 16.2. The third-order valence-electron chi connectivity index (χ3n) is 5.12. The molecule has 1 N–H and O–H groups in total. The van der Waals surface area contributed by atoms with Crippen LogP contribution in [0.1, 0.15) is 24.3 Å². The molecule has 27 heavy (non-hydrogen) atoms. The number of nitrogens with one attached hydrogen (secondary N) is 1. The number of aromatic nitrogens is 2. The molecule has 3 aromatic rings. The number of rotatable bonds is 5. The quantitative estimate of drug-likeness (QED) is 0.755. The van der Waals surface area contributed by atoms with Crippen molar-refractivity contribution in [1.29, 1.82) is 0 Å². The Morgan fingerprint density at radius 2 is 1.85 bits per heavy atom. The summed E-state index contributed by atoms with van der Waals surface area (Å²) in [6.07, 6.45) is 5.83. The summed E-state index contributed by atoms with van der Waals surface area (Å²) in [5.41, 5.74) is 3.14. The SMILES string of the molecule is O=C(CN1CCC(c2ccccc2)CC1)Nc1cccc(-n2cccn2)c1. The lowest BCUT2D eigenvalue weighted by atomic mass is 9.89. The van der Waals surface area contributed by atoms with Gasteiger partial charge in [0, 0.05) is 18.1 Å². The van der Waals surface area contributed by atoms with E-state index < -0.39 is 0 Å². The molecule has 0 aliphatic carbocycles. The lowest BCUT2D eigenvalue weighted by molar-refractivity contribution is -0.117. The van der Waals surface area contributed by atoms with Gasteiger partial charge in [-0.25, -0.2) is 4.68 Å². The van der Waals surface area contributed by atoms with Gasteiger partial charge in [-0.3, -0.25) is 9.69 Å². The number of likely N-dealkylation sites (tertiary alicyclic amines) is 1. The minimum Gasteiger partial charge on any atom is -0.325 e. The Hall–Kier alpha value is -2.92. The molecule has 1 aliphatic rings. The Labute approximate surface area is 159 Å². The summed E-state index contributed by atoms with van der Waals surface area (Å²) in [5.74, 6) is 0.641. The van der Waals surface area contributed by atoms with Gasteiger partial charge in [0.1, 0.15) is 0 Å². The van der Waals surface area contributed by atoms with E-state index in [1.54, 1.807) is 10.9 Å². The van der Waals surface area contributed by atoms with Crippen LogP contribution < -0.4 is 5.32 Å². The van der Waals surface area contributed by atoms with Gasteiger partial charge in [0.25, 0.3) is 0 Å². The fourth-order valence-electron chi connectivity index (χ4n) is 3.70. The number of amides is 1. The van der Waals surface area contributed by atoms with Crippen LogP contribution in [0.5, 0.6) is 0 Å². The summed E-state index contributed by atoms with van der Waals surface area (Å²) >= 11 is 0. The molecule has 1 aromatic heterocycles. The van der Waals surface area contributed by atoms with Gasteiger partial charge < -0.3 is 5.32 Å². The Morgan fingerprint density at radius 1 is 1.04 bits per heavy atom. The van der Waals surface area contributed by atoms with E-state index in [-0.39, 0.29) is 5.91 Å². The van der Waals surface area contributed by atoms with Crippen LogP contribution in [0.15, 0.2) is 73.1 Å². The molecule has 0 bridgehead atoms. The van der Waals surface area contributed by atoms with Crippen molar-refractivity contribution in [1.82, 2.24) is 14.7 Å². The zero-order valence-corrected chi connectivity index (χ0v) is 15.3. The van der Waals surface area contributed by atoms with Crippen molar-refractivity contribution in [2.45, 2.75) is 18.8 Å². The first kappa shape index (κ1) is 17.5. The molecule has 5 heteroatoms. The third-order valence-corrected chi connectivity index (χ3v) is 5.12. The fourth-order valence-corrected chi connectivity index (χ4v) is 3.70. The molecule has 0 radical (unpaired) electrons. The second kappa shape index (κ2) is 8.18. The standard InChI is InChI=1S/C22H24N4O/c27-22(24-20-8-4-9-21(16-20)26-13-5-12-23-26)17-25-14-10-19(11-15-25)18-6-2-1-3-7-18/h1-9,12-13,16,19H,10-11,14-15,17H2,(H,24,27). The average Bonchev–Trinajstić information content (AvgIpc) is 3.24. The Kier molecular flexibility index (Phi) is 5.30. The Bertz CT molecular complexity index is 868. The van der Waals surface area contributed by atoms with Gasteiger partial charge in [-0.1, -0.05) is 36.4 Å². The number of carbonyl (C=O) groups is 1. The second-order valence-electron chi connectivity index (χ2n) is 7.01. The zero-order valence-electron chi connectivity index (χ0n) is 15.3. The van der Waals surface area contributed by atoms with Gasteiger partial charge in [0.2, 0.25) is 5.91 Å². The fraction of sp³-hybridized carbons (Fsp3) is 0.273. The third kappa shape index (κ3) is 4.44. The first-order valence-electron chi connectivity index (χ1n) is 9.45. The first-order chi connectivity index (χ1) is 13.3. The molecule has 4 rings (SSSR count). The molecule has 5 nitrogen and oxygen atoms in total.